The number of nitrogens with zero attached hydrogens (tertiary/aromatic N) is 5. The summed E-state index contributed by atoms with van der Waals surface area (Å²) in [6.07, 6.45) is 4.55. The Balaban J connectivity index is 1.26. The minimum atomic E-state index is -0.139. The molecule has 1 fully saturated rings. The van der Waals surface area contributed by atoms with Gasteiger partial charge in [-0.1, -0.05) is 61.2 Å². The van der Waals surface area contributed by atoms with Gasteiger partial charge in [-0.05, 0) is 66.8 Å². The van der Waals surface area contributed by atoms with Gasteiger partial charge in [0.1, 0.15) is 18.3 Å². The molecule has 190 valence electrons. The Bertz CT molecular complexity index is 1300. The number of aryl methyl sites for hydroxylation is 2. The summed E-state index contributed by atoms with van der Waals surface area (Å²) in [6, 6.07) is 23.0. The van der Waals surface area contributed by atoms with Crippen molar-refractivity contribution in [2.45, 2.75) is 39.4 Å². The van der Waals surface area contributed by atoms with Gasteiger partial charge in [-0.2, -0.15) is 10.5 Å². The van der Waals surface area contributed by atoms with Crippen molar-refractivity contribution in [2.24, 2.45) is 15.2 Å². The fourth-order valence-corrected chi connectivity index (χ4v) is 5.81. The molecule has 1 N–H and O–H groups in total. The predicted molar refractivity (Wildman–Crippen MR) is 156 cm³/mol. The lowest BCUT2D eigenvalue weighted by Crippen LogP contribution is -2.34. The quantitative estimate of drug-likeness (QED) is 0.307. The molecule has 37 heavy (non-hydrogen) atoms. The van der Waals surface area contributed by atoms with E-state index in [9.17, 15) is 0 Å². The Morgan fingerprint density at radius 3 is 2.46 bits per heavy atom. The van der Waals surface area contributed by atoms with Crippen LogP contribution in [0.4, 0.5) is 11.4 Å². The van der Waals surface area contributed by atoms with Crippen LogP contribution in [0.1, 0.15) is 41.8 Å². The number of hydrogen-bond acceptors (Lipinski definition) is 7. The van der Waals surface area contributed by atoms with Crippen LogP contribution in [-0.2, 0) is 0 Å². The third kappa shape index (κ3) is 5.40. The van der Waals surface area contributed by atoms with Crippen molar-refractivity contribution in [3.63, 3.8) is 0 Å². The summed E-state index contributed by atoms with van der Waals surface area (Å²) in [4.78, 5) is 6.98. The molecule has 2 aliphatic heterocycles. The van der Waals surface area contributed by atoms with E-state index in [0.717, 1.165) is 39.9 Å². The van der Waals surface area contributed by atoms with Crippen LogP contribution in [-0.4, -0.2) is 36.6 Å². The lowest BCUT2D eigenvalue weighted by atomic mass is 10.1. The number of para-hydroxylation sites is 1. The van der Waals surface area contributed by atoms with Gasteiger partial charge in [0.25, 0.3) is 0 Å². The summed E-state index contributed by atoms with van der Waals surface area (Å²) in [6.45, 7) is 6.57. The highest BCUT2D eigenvalue weighted by Crippen LogP contribution is 2.36. The second-order valence-electron chi connectivity index (χ2n) is 9.14. The summed E-state index contributed by atoms with van der Waals surface area (Å²) in [5.74, 6) is 1.85. The van der Waals surface area contributed by atoms with Gasteiger partial charge in [0.05, 0.1) is 19.0 Å². The first kappa shape index (κ1) is 25.0. The number of rotatable bonds is 7. The predicted octanol–water partition coefficient (Wildman–Crippen LogP) is 6.09. The monoisotopic (exact) mass is 512 g/mol. The van der Waals surface area contributed by atoms with Gasteiger partial charge in [0, 0.05) is 17.5 Å². The average Bonchev–Trinajstić information content (AvgIpc) is 3.57. The SMILES string of the molecule is CCC1CS/C(=N\N=C\c2ccc(C3N=CN(c4ccc(OC)cc4)N3)cc2)N1c1c(C)cccc1C. The van der Waals surface area contributed by atoms with Crippen molar-refractivity contribution < 1.29 is 4.74 Å². The first-order valence-corrected chi connectivity index (χ1v) is 13.5. The summed E-state index contributed by atoms with van der Waals surface area (Å²) < 4.78 is 5.24. The van der Waals surface area contributed by atoms with E-state index in [4.69, 9.17) is 4.74 Å². The van der Waals surface area contributed by atoms with Crippen molar-refractivity contribution in [3.8, 4) is 5.75 Å². The van der Waals surface area contributed by atoms with Gasteiger partial charge in [-0.25, -0.2) is 4.99 Å². The van der Waals surface area contributed by atoms with Crippen molar-refractivity contribution in [2.75, 3.05) is 22.8 Å². The second-order valence-corrected chi connectivity index (χ2v) is 10.1. The zero-order valence-electron chi connectivity index (χ0n) is 21.6. The fraction of sp³-hybridized carbons (Fsp3) is 0.276. The maximum Gasteiger partial charge on any atom is 0.190 e. The number of thioether (sulfide) groups is 1. The normalized spacial score (nSPS) is 20.5. The van der Waals surface area contributed by atoms with Gasteiger partial charge in [-0.15, -0.1) is 5.10 Å². The van der Waals surface area contributed by atoms with Crippen LogP contribution in [0.5, 0.6) is 5.75 Å². The highest BCUT2D eigenvalue weighted by Gasteiger charge is 2.32. The van der Waals surface area contributed by atoms with E-state index in [0.29, 0.717) is 6.04 Å². The number of methoxy groups -OCH3 is 1. The molecule has 2 heterocycles. The molecule has 7 nitrogen and oxygen atoms in total. The van der Waals surface area contributed by atoms with Crippen molar-refractivity contribution in [1.29, 1.82) is 0 Å². The minimum absolute atomic E-state index is 0.139. The molecule has 0 aliphatic carbocycles. The van der Waals surface area contributed by atoms with Crippen LogP contribution >= 0.6 is 11.8 Å². The second kappa shape index (κ2) is 11.2. The summed E-state index contributed by atoms with van der Waals surface area (Å²) in [5, 5.41) is 12.0. The molecule has 0 amide bonds. The number of nitrogens with one attached hydrogen (secondary N) is 1. The van der Waals surface area contributed by atoms with Crippen LogP contribution in [0.15, 0.2) is 81.9 Å². The molecule has 2 unspecified atom stereocenters. The third-order valence-corrected chi connectivity index (χ3v) is 7.76. The molecular weight excluding hydrogens is 480 g/mol. The zero-order valence-corrected chi connectivity index (χ0v) is 22.4. The highest BCUT2D eigenvalue weighted by atomic mass is 32.2. The van der Waals surface area contributed by atoms with E-state index in [2.05, 4.69) is 76.6 Å². The third-order valence-electron chi connectivity index (χ3n) is 6.67. The maximum atomic E-state index is 5.24. The molecule has 2 aliphatic rings. The summed E-state index contributed by atoms with van der Waals surface area (Å²) in [5.41, 5.74) is 10.3. The number of aliphatic imine (C=N–C) groups is 1. The first-order chi connectivity index (χ1) is 18.1. The molecule has 8 heteroatoms. The Labute approximate surface area is 222 Å². The highest BCUT2D eigenvalue weighted by molar-refractivity contribution is 8.14. The zero-order chi connectivity index (χ0) is 25.8. The number of benzene rings is 3. The van der Waals surface area contributed by atoms with Crippen LogP contribution < -0.4 is 20.1 Å². The molecule has 2 atom stereocenters. The van der Waals surface area contributed by atoms with Crippen LogP contribution in [0.3, 0.4) is 0 Å². The van der Waals surface area contributed by atoms with E-state index in [1.807, 2.05) is 54.0 Å². The van der Waals surface area contributed by atoms with Crippen molar-refractivity contribution >= 4 is 40.9 Å². The standard InChI is InChI=1S/C29H32N6OS/c1-5-24-18-37-29(35(24)27-20(2)7-6-8-21(27)3)32-31-17-22-9-11-23(12-10-22)28-30-19-34(33-28)25-13-15-26(36-4)16-14-25/h6-17,19,24,28,33H,5,18H2,1-4H3/b31-17+,32-29-. The Morgan fingerprint density at radius 2 is 1.78 bits per heavy atom. The van der Waals surface area contributed by atoms with E-state index < -0.39 is 0 Å². The van der Waals surface area contributed by atoms with Crippen LogP contribution in [0, 0.1) is 13.8 Å². The Hall–Kier alpha value is -3.62. The minimum Gasteiger partial charge on any atom is -0.497 e. The number of anilines is 2. The Morgan fingerprint density at radius 1 is 1.05 bits per heavy atom. The number of ether oxygens (including phenoxy) is 1. The molecule has 0 radical (unpaired) electrons. The smallest absolute Gasteiger partial charge is 0.190 e. The van der Waals surface area contributed by atoms with E-state index in [1.54, 1.807) is 18.9 Å². The van der Waals surface area contributed by atoms with Gasteiger partial charge in [-0.3, -0.25) is 5.01 Å². The number of hydrazine groups is 1. The van der Waals surface area contributed by atoms with Crippen LogP contribution in [0.25, 0.3) is 0 Å². The topological polar surface area (TPSA) is 64.8 Å². The summed E-state index contributed by atoms with van der Waals surface area (Å²) >= 11 is 1.78. The fourth-order valence-electron chi connectivity index (χ4n) is 4.60. The average molecular weight is 513 g/mol. The largest absolute Gasteiger partial charge is 0.497 e. The number of amidine groups is 1. The molecule has 3 aromatic carbocycles. The maximum absolute atomic E-state index is 5.24. The lowest BCUT2D eigenvalue weighted by molar-refractivity contribution is 0.415. The van der Waals surface area contributed by atoms with E-state index in [-0.39, 0.29) is 6.17 Å². The molecular formula is C29H32N6OS. The molecule has 3 aromatic rings. The van der Waals surface area contributed by atoms with Crippen molar-refractivity contribution in [3.05, 3.63) is 89.0 Å². The first-order valence-electron chi connectivity index (χ1n) is 12.5. The lowest BCUT2D eigenvalue weighted by Gasteiger charge is -2.28. The van der Waals surface area contributed by atoms with Gasteiger partial charge >= 0.3 is 0 Å². The van der Waals surface area contributed by atoms with Crippen LogP contribution in [0.2, 0.25) is 0 Å². The number of hydrogen-bond donors (Lipinski definition) is 1. The molecule has 0 spiro atoms. The van der Waals surface area contributed by atoms with Gasteiger partial charge in [0.15, 0.2) is 5.17 Å². The molecule has 0 aromatic heterocycles. The Kier molecular flexibility index (Phi) is 7.58. The molecule has 0 saturated carbocycles. The molecule has 1 saturated heterocycles. The molecule has 5 rings (SSSR count). The van der Waals surface area contributed by atoms with Gasteiger partial charge in [0.2, 0.25) is 0 Å². The van der Waals surface area contributed by atoms with E-state index in [1.165, 1.54) is 16.8 Å². The molecule has 0 bridgehead atoms. The summed E-state index contributed by atoms with van der Waals surface area (Å²) in [7, 11) is 1.67. The van der Waals surface area contributed by atoms with E-state index >= 15 is 0 Å². The van der Waals surface area contributed by atoms with Gasteiger partial charge < -0.3 is 9.64 Å². The van der Waals surface area contributed by atoms with Crippen molar-refractivity contribution in [1.82, 2.24) is 5.43 Å².